The van der Waals surface area contributed by atoms with Crippen LogP contribution < -0.4 is 10.1 Å². The average molecular weight is 455 g/mol. The Hall–Kier alpha value is -1.86. The van der Waals surface area contributed by atoms with Gasteiger partial charge in [0.2, 0.25) is 0 Å². The van der Waals surface area contributed by atoms with E-state index in [1.54, 1.807) is 46.8 Å². The molecule has 4 rings (SSSR count). The number of aromatic nitrogens is 2. The van der Waals surface area contributed by atoms with E-state index in [9.17, 15) is 4.79 Å². The molecule has 1 N–H and O–H groups in total. The van der Waals surface area contributed by atoms with E-state index >= 15 is 0 Å². The lowest BCUT2D eigenvalue weighted by Gasteiger charge is -2.12. The van der Waals surface area contributed by atoms with E-state index in [0.717, 1.165) is 28.5 Å². The molecule has 28 heavy (non-hydrogen) atoms. The number of nitrogens with one attached hydrogen (secondary N) is 1. The average Bonchev–Trinajstić information content (AvgIpc) is 3.24. The first-order chi connectivity index (χ1) is 13.5. The van der Waals surface area contributed by atoms with Crippen molar-refractivity contribution in [1.82, 2.24) is 9.78 Å². The summed E-state index contributed by atoms with van der Waals surface area (Å²) in [5, 5.41) is 9.01. The topological polar surface area (TPSA) is 56.1 Å². The zero-order valence-electron chi connectivity index (χ0n) is 14.4. The van der Waals surface area contributed by atoms with Crippen LogP contribution in [-0.2, 0) is 16.3 Å². The number of carbonyl (C=O) groups excluding carboxylic acids is 1. The van der Waals surface area contributed by atoms with Crippen LogP contribution in [0, 0.1) is 0 Å². The van der Waals surface area contributed by atoms with Gasteiger partial charge >= 0.3 is 0 Å². The number of thioether (sulfide) groups is 1. The minimum atomic E-state index is -0.311. The molecule has 2 aromatic carbocycles. The third kappa shape index (κ3) is 4.10. The number of carbonyl (C=O) groups is 1. The van der Waals surface area contributed by atoms with Gasteiger partial charge in [-0.2, -0.15) is 16.9 Å². The second-order valence-corrected chi connectivity index (χ2v) is 8.34. The molecule has 0 atom stereocenters. The molecule has 1 aromatic heterocycles. The predicted octanol–water partition coefficient (Wildman–Crippen LogP) is 5.60. The molecule has 9 heteroatoms. The van der Waals surface area contributed by atoms with Crippen molar-refractivity contribution in [3.05, 3.63) is 68.8 Å². The highest BCUT2D eigenvalue weighted by Gasteiger charge is 2.25. The number of anilines is 1. The lowest BCUT2D eigenvalue weighted by atomic mass is 10.2. The van der Waals surface area contributed by atoms with Crippen molar-refractivity contribution in [1.29, 1.82) is 0 Å². The first kappa shape index (κ1) is 19.5. The molecule has 0 fully saturated rings. The number of amides is 1. The van der Waals surface area contributed by atoms with E-state index in [1.165, 1.54) is 0 Å². The summed E-state index contributed by atoms with van der Waals surface area (Å²) >= 11 is 19.8. The molecule has 1 amide bonds. The van der Waals surface area contributed by atoms with Crippen molar-refractivity contribution in [3.8, 4) is 11.4 Å². The molecule has 0 aliphatic carbocycles. The van der Waals surface area contributed by atoms with Gasteiger partial charge in [-0.3, -0.25) is 4.79 Å². The molecule has 0 saturated carbocycles. The Labute approximate surface area is 180 Å². The summed E-state index contributed by atoms with van der Waals surface area (Å²) in [6, 6.07) is 12.2. The molecule has 5 nitrogen and oxygen atoms in total. The summed E-state index contributed by atoms with van der Waals surface area (Å²) < 4.78 is 7.24. The number of rotatable bonds is 5. The van der Waals surface area contributed by atoms with Crippen molar-refractivity contribution in [3.63, 3.8) is 0 Å². The fraction of sp³-hybridized carbons (Fsp3) is 0.158. The van der Waals surface area contributed by atoms with Gasteiger partial charge in [-0.05, 0) is 36.4 Å². The van der Waals surface area contributed by atoms with Gasteiger partial charge in [-0.1, -0.05) is 40.9 Å². The Balaban J connectivity index is 1.54. The van der Waals surface area contributed by atoms with E-state index < -0.39 is 0 Å². The van der Waals surface area contributed by atoms with Crippen LogP contribution in [0.2, 0.25) is 15.1 Å². The van der Waals surface area contributed by atoms with Crippen LogP contribution in [0.5, 0.6) is 5.75 Å². The first-order valence-electron chi connectivity index (χ1n) is 8.33. The van der Waals surface area contributed by atoms with E-state index in [0.29, 0.717) is 26.6 Å². The third-order valence-electron chi connectivity index (χ3n) is 4.12. The highest BCUT2D eigenvalue weighted by atomic mass is 35.5. The number of ether oxygens (including phenoxy) is 1. The number of nitrogens with zero attached hydrogens (tertiary/aromatic N) is 2. The third-order valence-corrected chi connectivity index (χ3v) is 5.85. The second kappa shape index (κ2) is 8.25. The van der Waals surface area contributed by atoms with Crippen molar-refractivity contribution < 1.29 is 9.53 Å². The number of benzene rings is 2. The molecular formula is C19H14Cl3N3O2S. The highest BCUT2D eigenvalue weighted by molar-refractivity contribution is 7.98. The number of hydrogen-bond donors (Lipinski definition) is 1. The maximum atomic E-state index is 12.5. The number of hydrogen-bond acceptors (Lipinski definition) is 4. The molecular weight excluding hydrogens is 441 g/mol. The van der Waals surface area contributed by atoms with Crippen LogP contribution in [0.3, 0.4) is 0 Å². The van der Waals surface area contributed by atoms with Gasteiger partial charge in [0.1, 0.15) is 11.6 Å². The zero-order chi connectivity index (χ0) is 19.7. The first-order valence-corrected chi connectivity index (χ1v) is 10.6. The van der Waals surface area contributed by atoms with Gasteiger partial charge in [0.15, 0.2) is 6.61 Å². The Kier molecular flexibility index (Phi) is 5.73. The SMILES string of the molecule is O=C(COc1ccc(Cl)cc1Cl)Nc1c2c(nn1-c1cccc(Cl)c1)CSC2. The molecule has 0 spiro atoms. The van der Waals surface area contributed by atoms with Gasteiger partial charge in [0.05, 0.1) is 16.4 Å². The van der Waals surface area contributed by atoms with Crippen LogP contribution in [-0.4, -0.2) is 22.3 Å². The molecule has 3 aromatic rings. The quantitative estimate of drug-likeness (QED) is 0.545. The monoisotopic (exact) mass is 453 g/mol. The van der Waals surface area contributed by atoms with Gasteiger partial charge in [0.25, 0.3) is 5.91 Å². The molecule has 1 aliphatic heterocycles. The maximum absolute atomic E-state index is 12.5. The second-order valence-electron chi connectivity index (χ2n) is 6.07. The van der Waals surface area contributed by atoms with Gasteiger partial charge < -0.3 is 10.1 Å². The standard InChI is InChI=1S/C19H14Cl3N3O2S/c20-11-2-1-3-13(6-11)25-19(14-9-28-10-16(14)24-25)23-18(26)8-27-17-5-4-12(21)7-15(17)22/h1-7H,8-10H2,(H,23,26). The summed E-state index contributed by atoms with van der Waals surface area (Å²) in [6.07, 6.45) is 0. The Morgan fingerprint density at radius 3 is 2.75 bits per heavy atom. The smallest absolute Gasteiger partial charge is 0.263 e. The molecule has 0 unspecified atom stereocenters. The van der Waals surface area contributed by atoms with Crippen LogP contribution in [0.1, 0.15) is 11.3 Å². The molecule has 1 aliphatic rings. The summed E-state index contributed by atoms with van der Waals surface area (Å²) in [4.78, 5) is 12.5. The molecule has 0 saturated heterocycles. The fourth-order valence-corrected chi connectivity index (χ4v) is 4.52. The minimum absolute atomic E-state index is 0.190. The number of fused-ring (bicyclic) bond motifs is 1. The largest absolute Gasteiger partial charge is 0.482 e. The van der Waals surface area contributed by atoms with Crippen LogP contribution in [0.15, 0.2) is 42.5 Å². The van der Waals surface area contributed by atoms with E-state index in [1.807, 2.05) is 12.1 Å². The van der Waals surface area contributed by atoms with Crippen LogP contribution in [0.4, 0.5) is 5.82 Å². The molecule has 2 heterocycles. The molecule has 0 radical (unpaired) electrons. The summed E-state index contributed by atoms with van der Waals surface area (Å²) in [5.74, 6) is 2.32. The normalized spacial score (nSPS) is 12.7. The van der Waals surface area contributed by atoms with Gasteiger partial charge in [-0.25, -0.2) is 4.68 Å². The van der Waals surface area contributed by atoms with Gasteiger partial charge in [-0.15, -0.1) is 0 Å². The fourth-order valence-electron chi connectivity index (χ4n) is 2.84. The lowest BCUT2D eigenvalue weighted by Crippen LogP contribution is -2.22. The Bertz CT molecular complexity index is 1050. The van der Waals surface area contributed by atoms with Gasteiger partial charge in [0, 0.05) is 27.1 Å². The summed E-state index contributed by atoms with van der Waals surface area (Å²) in [7, 11) is 0. The lowest BCUT2D eigenvalue weighted by molar-refractivity contribution is -0.118. The van der Waals surface area contributed by atoms with Crippen LogP contribution in [0.25, 0.3) is 5.69 Å². The summed E-state index contributed by atoms with van der Waals surface area (Å²) in [5.41, 5.74) is 2.76. The van der Waals surface area contributed by atoms with E-state index in [-0.39, 0.29) is 12.5 Å². The van der Waals surface area contributed by atoms with Crippen molar-refractivity contribution >= 4 is 58.3 Å². The summed E-state index contributed by atoms with van der Waals surface area (Å²) in [6.45, 7) is -0.190. The zero-order valence-corrected chi connectivity index (χ0v) is 17.5. The van der Waals surface area contributed by atoms with E-state index in [2.05, 4.69) is 10.4 Å². The maximum Gasteiger partial charge on any atom is 0.263 e. The van der Waals surface area contributed by atoms with Crippen molar-refractivity contribution in [2.45, 2.75) is 11.5 Å². The molecule has 0 bridgehead atoms. The predicted molar refractivity (Wildman–Crippen MR) is 114 cm³/mol. The van der Waals surface area contributed by atoms with Crippen molar-refractivity contribution in [2.24, 2.45) is 0 Å². The Morgan fingerprint density at radius 1 is 1.14 bits per heavy atom. The Morgan fingerprint density at radius 2 is 1.96 bits per heavy atom. The van der Waals surface area contributed by atoms with Crippen molar-refractivity contribution in [2.75, 3.05) is 11.9 Å². The van der Waals surface area contributed by atoms with E-state index in [4.69, 9.17) is 39.5 Å². The number of halogens is 3. The van der Waals surface area contributed by atoms with Crippen LogP contribution >= 0.6 is 46.6 Å². The molecule has 144 valence electrons. The highest BCUT2D eigenvalue weighted by Crippen LogP contribution is 2.36. The minimum Gasteiger partial charge on any atom is -0.482 e.